The monoisotopic (exact) mass is 224 g/mol. The Morgan fingerprint density at radius 3 is 1.69 bits per heavy atom. The molecule has 0 amide bonds. The molecule has 0 radical (unpaired) electrons. The summed E-state index contributed by atoms with van der Waals surface area (Å²) in [5.74, 6) is 0. The van der Waals surface area contributed by atoms with Crippen LogP contribution in [0.15, 0.2) is 0 Å². The van der Waals surface area contributed by atoms with E-state index in [-0.39, 0.29) is 0 Å². The molecule has 1 N–H and O–H groups in total. The van der Waals surface area contributed by atoms with Crippen LogP contribution in [0.4, 0.5) is 0 Å². The Morgan fingerprint density at radius 1 is 0.769 bits per heavy atom. The van der Waals surface area contributed by atoms with Gasteiger partial charge in [-0.25, -0.2) is 9.82 Å². The first kappa shape index (κ1) is 12.7. The molecule has 0 spiro atoms. The average Bonchev–Trinajstić information content (AvgIpc) is 2.16. The second kappa shape index (κ2) is 11.7. The normalized spacial score (nSPS) is 10.8. The van der Waals surface area contributed by atoms with E-state index in [9.17, 15) is 4.57 Å². The van der Waals surface area contributed by atoms with Gasteiger partial charge in [-0.2, -0.15) is 0 Å². The molecule has 0 saturated heterocycles. The highest BCUT2D eigenvalue weighted by Crippen LogP contribution is 1.96. The van der Waals surface area contributed by atoms with Crippen LogP contribution in [0.5, 0.6) is 0 Å². The molecule has 0 aliphatic heterocycles. The molecule has 78 valence electrons. The molecule has 0 saturated carbocycles. The van der Waals surface area contributed by atoms with Gasteiger partial charge in [0.1, 0.15) is 0 Å². The van der Waals surface area contributed by atoms with Crippen molar-refractivity contribution in [2.45, 2.75) is 0 Å². The Balaban J connectivity index is 2.79. The molecule has 13 heavy (non-hydrogen) atoms. The van der Waals surface area contributed by atoms with Gasteiger partial charge in [0.05, 0.1) is 0 Å². The Bertz CT molecular complexity index is 99.3. The van der Waals surface area contributed by atoms with Gasteiger partial charge >= 0.3 is 8.69 Å². The minimum atomic E-state index is -0.821. The quantitative estimate of drug-likeness (QED) is 0.233. The molecule has 0 rings (SSSR count). The van der Waals surface area contributed by atoms with Crippen LogP contribution < -0.4 is 0 Å². The molecule has 0 aromatic carbocycles. The summed E-state index contributed by atoms with van der Waals surface area (Å²) in [5, 5.41) is 37.4. The SMILES string of the molecule is O=POOOOOOOOOOO. The molecule has 0 aromatic heterocycles. The highest BCUT2D eigenvalue weighted by Gasteiger charge is 1.95. The molecule has 0 aromatic rings. The third-order valence-corrected chi connectivity index (χ3v) is 0.407. The molecule has 0 aliphatic carbocycles. The maximum atomic E-state index is 9.46. The lowest BCUT2D eigenvalue weighted by Gasteiger charge is -1.95. The van der Waals surface area contributed by atoms with Gasteiger partial charge in [0, 0.05) is 0 Å². The van der Waals surface area contributed by atoms with E-state index in [0.717, 1.165) is 0 Å². The van der Waals surface area contributed by atoms with Gasteiger partial charge in [-0.1, -0.05) is 0 Å². The lowest BCUT2D eigenvalue weighted by atomic mass is 14.1. The highest BCUT2D eigenvalue weighted by molar-refractivity contribution is 7.17. The molecule has 0 atom stereocenters. The summed E-state index contributed by atoms with van der Waals surface area (Å²) in [5.41, 5.74) is 0. The molecule has 0 aliphatic rings. The molecule has 0 fully saturated rings. The van der Waals surface area contributed by atoms with E-state index in [0.29, 0.717) is 0 Å². The van der Waals surface area contributed by atoms with Crippen molar-refractivity contribution in [2.24, 2.45) is 0 Å². The number of rotatable bonds is 10. The van der Waals surface area contributed by atoms with Crippen LogP contribution in [0, 0.1) is 0 Å². The van der Waals surface area contributed by atoms with Gasteiger partial charge in [-0.3, -0.25) is 0 Å². The molecular weight excluding hydrogens is 223 g/mol. The Labute approximate surface area is 69.8 Å². The van der Waals surface area contributed by atoms with Gasteiger partial charge in [-0.15, -0.1) is 4.67 Å². The van der Waals surface area contributed by atoms with Crippen LogP contribution in [0.25, 0.3) is 0 Å². The second-order valence-electron chi connectivity index (χ2n) is 0.768. The van der Waals surface area contributed by atoms with Crippen LogP contribution >= 0.6 is 8.69 Å². The lowest BCUT2D eigenvalue weighted by molar-refractivity contribution is -0.851. The predicted molar refractivity (Wildman–Crippen MR) is 21.1 cm³/mol. The minimum Gasteiger partial charge on any atom is -0.238 e. The van der Waals surface area contributed by atoms with Crippen LogP contribution in [0.1, 0.15) is 0 Å². The van der Waals surface area contributed by atoms with Crippen LogP contribution in [-0.4, -0.2) is 5.26 Å². The summed E-state index contributed by atoms with van der Waals surface area (Å²) in [6, 6.07) is 0. The Hall–Kier alpha value is -0.340. The highest BCUT2D eigenvalue weighted by atomic mass is 31.1. The largest absolute Gasteiger partial charge is 0.361 e. The standard InChI is InChI=1S/HO12P/c1-3-4-5-6-7-8-9-10-11-12-13-2/h1H. The maximum Gasteiger partial charge on any atom is 0.361 e. The summed E-state index contributed by atoms with van der Waals surface area (Å²) in [6.45, 7) is 0. The van der Waals surface area contributed by atoms with Gasteiger partial charge in [0.2, 0.25) is 0 Å². The van der Waals surface area contributed by atoms with Crippen LogP contribution in [-0.2, 0) is 54.6 Å². The van der Waals surface area contributed by atoms with E-state index in [4.69, 9.17) is 5.26 Å². The van der Waals surface area contributed by atoms with Crippen LogP contribution in [0.2, 0.25) is 0 Å². The van der Waals surface area contributed by atoms with E-state index in [1.807, 2.05) is 0 Å². The van der Waals surface area contributed by atoms with Gasteiger partial charge < -0.3 is 0 Å². The average molecular weight is 224 g/mol. The first-order valence-corrected chi connectivity index (χ1v) is 2.78. The summed E-state index contributed by atoms with van der Waals surface area (Å²) in [7, 11) is -0.821. The van der Waals surface area contributed by atoms with Crippen LogP contribution in [0.3, 0.4) is 0 Å². The van der Waals surface area contributed by atoms with E-state index in [2.05, 4.69) is 50.0 Å². The number of hydrogen-bond donors (Lipinski definition) is 1. The van der Waals surface area contributed by atoms with E-state index < -0.39 is 8.69 Å². The van der Waals surface area contributed by atoms with Gasteiger partial charge in [-0.05, 0) is 45.3 Å². The summed E-state index contributed by atoms with van der Waals surface area (Å²) in [6.07, 6.45) is 0. The first-order valence-electron chi connectivity index (χ1n) is 2.05. The fraction of sp³-hybridized carbons (Fsp3) is 0. The zero-order chi connectivity index (χ0) is 9.78. The number of hydrogen-bond acceptors (Lipinski definition) is 12. The fourth-order valence-electron chi connectivity index (χ4n) is 0.105. The Morgan fingerprint density at radius 2 is 1.23 bits per heavy atom. The van der Waals surface area contributed by atoms with Crippen molar-refractivity contribution in [3.8, 4) is 0 Å². The fourth-order valence-corrected chi connectivity index (χ4v) is 0.155. The maximum absolute atomic E-state index is 9.46. The topological polar surface area (TPSA) is 130 Å². The van der Waals surface area contributed by atoms with Crippen molar-refractivity contribution in [3.05, 3.63) is 0 Å². The second-order valence-corrected chi connectivity index (χ2v) is 1.07. The van der Waals surface area contributed by atoms with Gasteiger partial charge in [0.15, 0.2) is 0 Å². The third kappa shape index (κ3) is 11.7. The first-order chi connectivity index (χ1) is 6.41. The predicted octanol–water partition coefficient (Wildman–Crippen LogP) is 0.0671. The van der Waals surface area contributed by atoms with E-state index in [1.54, 1.807) is 0 Å². The zero-order valence-electron chi connectivity index (χ0n) is 5.39. The Kier molecular flexibility index (Phi) is 11.4. The molecule has 0 bridgehead atoms. The van der Waals surface area contributed by atoms with Crippen molar-refractivity contribution in [3.63, 3.8) is 0 Å². The van der Waals surface area contributed by atoms with E-state index >= 15 is 0 Å². The third-order valence-electron chi connectivity index (χ3n) is 0.286. The molecular formula is HO12P. The minimum absolute atomic E-state index is 0.821. The molecule has 12 nitrogen and oxygen atoms in total. The molecule has 0 unspecified atom stereocenters. The van der Waals surface area contributed by atoms with Gasteiger partial charge in [0.25, 0.3) is 0 Å². The van der Waals surface area contributed by atoms with Crippen molar-refractivity contribution in [2.75, 3.05) is 0 Å². The van der Waals surface area contributed by atoms with Crippen molar-refractivity contribution >= 4 is 8.69 Å². The lowest BCUT2D eigenvalue weighted by Crippen LogP contribution is -2.01. The van der Waals surface area contributed by atoms with Crippen molar-refractivity contribution < 1.29 is 59.8 Å². The summed E-state index contributed by atoms with van der Waals surface area (Å²) < 4.78 is 13.0. The summed E-state index contributed by atoms with van der Waals surface area (Å²) >= 11 is 0. The molecule has 0 heterocycles. The van der Waals surface area contributed by atoms with Crippen molar-refractivity contribution in [1.82, 2.24) is 0 Å². The zero-order valence-corrected chi connectivity index (χ0v) is 6.28. The smallest absolute Gasteiger partial charge is 0.238 e. The summed E-state index contributed by atoms with van der Waals surface area (Å²) in [4.78, 5) is 0. The van der Waals surface area contributed by atoms with E-state index in [1.165, 1.54) is 0 Å². The molecule has 13 heteroatoms. The van der Waals surface area contributed by atoms with Crippen molar-refractivity contribution in [1.29, 1.82) is 0 Å².